The van der Waals surface area contributed by atoms with Crippen LogP contribution in [0.1, 0.15) is 35.7 Å². The maximum Gasteiger partial charge on any atom is 0.354 e. The molecule has 8 heteroatoms. The number of carbonyl (C=O) groups is 1. The molecule has 0 unspecified atom stereocenters. The smallest absolute Gasteiger partial charge is 0.354 e. The van der Waals surface area contributed by atoms with Gasteiger partial charge in [0.2, 0.25) is 0 Å². The topological polar surface area (TPSA) is 76.0 Å². The van der Waals surface area contributed by atoms with Gasteiger partial charge in [0.25, 0.3) is 0 Å². The van der Waals surface area contributed by atoms with Gasteiger partial charge in [0.15, 0.2) is 0 Å². The van der Waals surface area contributed by atoms with Gasteiger partial charge in [-0.2, -0.15) is 0 Å². The molecule has 33 heavy (non-hydrogen) atoms. The first-order valence-corrected chi connectivity index (χ1v) is 9.78. The van der Waals surface area contributed by atoms with Crippen molar-refractivity contribution < 1.29 is 39.7 Å². The Hall–Kier alpha value is -3.31. The molecule has 0 spiro atoms. The van der Waals surface area contributed by atoms with Crippen LogP contribution in [0.4, 0.5) is 8.78 Å². The number of hydrogen-bond acceptors (Lipinski definition) is 4. The van der Waals surface area contributed by atoms with E-state index in [1.165, 1.54) is 6.07 Å². The third-order valence-corrected chi connectivity index (χ3v) is 5.18. The van der Waals surface area contributed by atoms with Crippen LogP contribution in [0.15, 0.2) is 66.7 Å². The van der Waals surface area contributed by atoms with Crippen LogP contribution < -0.4 is 0 Å². The Morgan fingerprint density at radius 3 is 2.30 bits per heavy atom. The maximum atomic E-state index is 14.2. The van der Waals surface area contributed by atoms with Crippen LogP contribution in [-0.4, -0.2) is 26.0 Å². The van der Waals surface area contributed by atoms with E-state index in [4.69, 9.17) is 0 Å². The van der Waals surface area contributed by atoms with Gasteiger partial charge in [-0.3, -0.25) is 4.98 Å². The Morgan fingerprint density at radius 1 is 0.909 bits per heavy atom. The number of carboxylic acid groups (broad SMARTS) is 1. The normalized spacial score (nSPS) is 11.0. The van der Waals surface area contributed by atoms with Gasteiger partial charge in [-0.25, -0.2) is 18.6 Å². The Labute approximate surface area is 203 Å². The quantitative estimate of drug-likeness (QED) is 0.241. The van der Waals surface area contributed by atoms with Crippen molar-refractivity contribution in [1.82, 2.24) is 15.0 Å². The van der Waals surface area contributed by atoms with Crippen molar-refractivity contribution in [1.29, 1.82) is 0 Å². The average Bonchev–Trinajstić information content (AvgIpc) is 2.79. The van der Waals surface area contributed by atoms with Crippen molar-refractivity contribution in [2.75, 3.05) is 0 Å². The molecule has 0 bridgehead atoms. The van der Waals surface area contributed by atoms with E-state index in [0.29, 0.717) is 17.0 Å². The molecule has 1 aromatic carbocycles. The molecule has 3 aromatic heterocycles. The van der Waals surface area contributed by atoms with Crippen LogP contribution in [0.5, 0.6) is 0 Å². The summed E-state index contributed by atoms with van der Waals surface area (Å²) in [5.41, 5.74) is 1.84. The zero-order valence-corrected chi connectivity index (χ0v) is 19.9. The third-order valence-electron chi connectivity index (χ3n) is 5.18. The molecule has 170 valence electrons. The standard InChI is InChI=1S/C25H18F2N3O2.Pt/c1-25(2,20-10-6-9-18(28-20)17-11-12-22(26)30-23(17)27)21-14-16(13-19(29-21)24(31)32)15-7-4-3-5-8-15;/h3-10,12-14H,1-2H3,(H,31,32);/q-1;. The fourth-order valence-electron chi connectivity index (χ4n) is 3.36. The van der Waals surface area contributed by atoms with E-state index >= 15 is 0 Å². The summed E-state index contributed by atoms with van der Waals surface area (Å²) in [4.78, 5) is 23.8. The Balaban J connectivity index is 0.00000306. The summed E-state index contributed by atoms with van der Waals surface area (Å²) in [6, 6.07) is 21.2. The number of halogens is 2. The molecule has 4 aromatic rings. The van der Waals surface area contributed by atoms with E-state index < -0.39 is 23.3 Å². The monoisotopic (exact) mass is 625 g/mol. The largest absolute Gasteiger partial charge is 0.477 e. The molecule has 0 atom stereocenters. The van der Waals surface area contributed by atoms with Crippen LogP contribution in [0.25, 0.3) is 22.4 Å². The Bertz CT molecular complexity index is 1310. The predicted molar refractivity (Wildman–Crippen MR) is 115 cm³/mol. The van der Waals surface area contributed by atoms with Gasteiger partial charge in [0, 0.05) is 32.2 Å². The van der Waals surface area contributed by atoms with Crippen molar-refractivity contribution in [2.24, 2.45) is 0 Å². The second-order valence-corrected chi connectivity index (χ2v) is 7.72. The SMILES string of the molecule is CC(C)(c1cc(-c2ccccc2)cc(C(=O)O)n1)c1cccc(-c2[c-]cc(F)nc2F)n1.[Pt]. The molecule has 0 amide bonds. The van der Waals surface area contributed by atoms with Crippen LogP contribution in [0.3, 0.4) is 0 Å². The van der Waals surface area contributed by atoms with E-state index in [9.17, 15) is 18.7 Å². The second kappa shape index (κ2) is 9.67. The molecule has 0 aliphatic heterocycles. The summed E-state index contributed by atoms with van der Waals surface area (Å²) in [5.74, 6) is -3.12. The predicted octanol–water partition coefficient (Wildman–Crippen LogP) is 5.31. The van der Waals surface area contributed by atoms with E-state index in [2.05, 4.69) is 21.0 Å². The molecule has 0 aliphatic carbocycles. The Kier molecular flexibility index (Phi) is 7.13. The van der Waals surface area contributed by atoms with E-state index in [1.807, 2.05) is 50.2 Å². The molecule has 0 saturated heterocycles. The number of carboxylic acids is 1. The zero-order valence-electron chi connectivity index (χ0n) is 17.6. The molecule has 0 saturated carbocycles. The maximum absolute atomic E-state index is 14.2. The Morgan fingerprint density at radius 2 is 1.64 bits per heavy atom. The van der Waals surface area contributed by atoms with Crippen LogP contribution in [0, 0.1) is 18.0 Å². The van der Waals surface area contributed by atoms with Crippen molar-refractivity contribution in [3.05, 3.63) is 102 Å². The molecule has 0 fully saturated rings. The number of benzene rings is 1. The third kappa shape index (κ3) is 5.04. The molecular formula is C25H18F2N3O2Pt-. The average molecular weight is 626 g/mol. The number of pyridine rings is 3. The summed E-state index contributed by atoms with van der Waals surface area (Å²) in [6.07, 6.45) is 0. The van der Waals surface area contributed by atoms with E-state index in [1.54, 1.807) is 18.2 Å². The number of aromatic nitrogens is 3. The van der Waals surface area contributed by atoms with Gasteiger partial charge in [-0.1, -0.05) is 54.1 Å². The van der Waals surface area contributed by atoms with E-state index in [0.717, 1.165) is 11.6 Å². The molecule has 1 N–H and O–H groups in total. The van der Waals surface area contributed by atoms with Gasteiger partial charge < -0.3 is 10.1 Å². The zero-order chi connectivity index (χ0) is 22.9. The first-order valence-electron chi connectivity index (χ1n) is 9.78. The molecule has 3 heterocycles. The van der Waals surface area contributed by atoms with Crippen molar-refractivity contribution >= 4 is 5.97 Å². The summed E-state index contributed by atoms with van der Waals surface area (Å²) < 4.78 is 27.3. The minimum absolute atomic E-state index is 0. The van der Waals surface area contributed by atoms with Gasteiger partial charge >= 0.3 is 5.97 Å². The first-order chi connectivity index (χ1) is 15.3. The van der Waals surface area contributed by atoms with Gasteiger partial charge in [0.1, 0.15) is 17.6 Å². The second-order valence-electron chi connectivity index (χ2n) is 7.72. The number of hydrogen-bond donors (Lipinski definition) is 1. The number of nitrogens with zero attached hydrogens (tertiary/aromatic N) is 3. The first kappa shape index (κ1) is 24.3. The molecule has 4 rings (SSSR count). The minimum atomic E-state index is -1.14. The summed E-state index contributed by atoms with van der Waals surface area (Å²) in [5, 5.41) is 9.60. The molecule has 0 radical (unpaired) electrons. The molecular weight excluding hydrogens is 607 g/mol. The number of aromatic carboxylic acids is 1. The van der Waals surface area contributed by atoms with Gasteiger partial charge in [-0.05, 0) is 48.9 Å². The van der Waals surface area contributed by atoms with Crippen molar-refractivity contribution in [2.45, 2.75) is 19.3 Å². The summed E-state index contributed by atoms with van der Waals surface area (Å²) in [7, 11) is 0. The van der Waals surface area contributed by atoms with Crippen LogP contribution in [-0.2, 0) is 26.5 Å². The van der Waals surface area contributed by atoms with Crippen LogP contribution >= 0.6 is 0 Å². The van der Waals surface area contributed by atoms with Crippen molar-refractivity contribution in [3.8, 4) is 22.4 Å². The van der Waals surface area contributed by atoms with Crippen molar-refractivity contribution in [3.63, 3.8) is 0 Å². The fraction of sp³-hybridized carbons (Fsp3) is 0.120. The minimum Gasteiger partial charge on any atom is -0.477 e. The summed E-state index contributed by atoms with van der Waals surface area (Å²) >= 11 is 0. The summed E-state index contributed by atoms with van der Waals surface area (Å²) in [6.45, 7) is 3.70. The van der Waals surface area contributed by atoms with Gasteiger partial charge in [0.05, 0.1) is 5.69 Å². The van der Waals surface area contributed by atoms with E-state index in [-0.39, 0.29) is 38.0 Å². The van der Waals surface area contributed by atoms with Gasteiger partial charge in [-0.15, -0.1) is 6.07 Å². The number of rotatable bonds is 5. The molecule has 0 aliphatic rings. The van der Waals surface area contributed by atoms with Crippen LogP contribution in [0.2, 0.25) is 0 Å². The fourth-order valence-corrected chi connectivity index (χ4v) is 3.36. The molecule has 5 nitrogen and oxygen atoms in total.